The van der Waals surface area contributed by atoms with Crippen LogP contribution in [0.1, 0.15) is 38.1 Å². The van der Waals surface area contributed by atoms with E-state index in [2.05, 4.69) is 19.2 Å². The summed E-state index contributed by atoms with van der Waals surface area (Å²) in [5, 5.41) is 2.90. The number of anilines is 1. The SMILES string of the molecule is CC(C)COc1ccc(C(=O)Nc2ccccc2OC(C)C)cc1. The molecule has 2 aromatic carbocycles. The number of para-hydroxylation sites is 2. The van der Waals surface area contributed by atoms with E-state index in [-0.39, 0.29) is 12.0 Å². The van der Waals surface area contributed by atoms with Crippen molar-refractivity contribution in [3.05, 3.63) is 54.1 Å². The molecule has 0 bridgehead atoms. The summed E-state index contributed by atoms with van der Waals surface area (Å²) < 4.78 is 11.4. The van der Waals surface area contributed by atoms with Crippen molar-refractivity contribution in [2.75, 3.05) is 11.9 Å². The van der Waals surface area contributed by atoms with Crippen LogP contribution in [0, 0.1) is 5.92 Å². The molecule has 0 aliphatic heterocycles. The van der Waals surface area contributed by atoms with Crippen molar-refractivity contribution >= 4 is 11.6 Å². The van der Waals surface area contributed by atoms with Crippen LogP contribution in [0.5, 0.6) is 11.5 Å². The second-order valence-corrected chi connectivity index (χ2v) is 6.35. The largest absolute Gasteiger partial charge is 0.493 e. The number of hydrogen-bond acceptors (Lipinski definition) is 3. The highest BCUT2D eigenvalue weighted by Gasteiger charge is 2.11. The summed E-state index contributed by atoms with van der Waals surface area (Å²) in [5.41, 5.74) is 1.24. The number of nitrogens with one attached hydrogen (secondary N) is 1. The summed E-state index contributed by atoms with van der Waals surface area (Å²) in [4.78, 5) is 12.4. The van der Waals surface area contributed by atoms with E-state index in [0.717, 1.165) is 5.75 Å². The molecule has 0 aromatic heterocycles. The Balaban J connectivity index is 2.05. The topological polar surface area (TPSA) is 47.6 Å². The number of benzene rings is 2. The third-order valence-corrected chi connectivity index (χ3v) is 3.20. The van der Waals surface area contributed by atoms with Crippen molar-refractivity contribution in [1.29, 1.82) is 0 Å². The van der Waals surface area contributed by atoms with E-state index in [9.17, 15) is 4.79 Å². The number of rotatable bonds is 7. The predicted molar refractivity (Wildman–Crippen MR) is 96.9 cm³/mol. The average Bonchev–Trinajstić information content (AvgIpc) is 2.54. The van der Waals surface area contributed by atoms with Gasteiger partial charge in [-0.25, -0.2) is 0 Å². The fourth-order valence-corrected chi connectivity index (χ4v) is 2.09. The fraction of sp³-hybridized carbons (Fsp3) is 0.350. The van der Waals surface area contributed by atoms with Crippen LogP contribution in [0.25, 0.3) is 0 Å². The Bertz CT molecular complexity index is 663. The molecule has 2 rings (SSSR count). The summed E-state index contributed by atoms with van der Waals surface area (Å²) >= 11 is 0. The third kappa shape index (κ3) is 5.30. The van der Waals surface area contributed by atoms with Crippen LogP contribution in [0.4, 0.5) is 5.69 Å². The van der Waals surface area contributed by atoms with Crippen LogP contribution in [-0.2, 0) is 0 Å². The summed E-state index contributed by atoms with van der Waals surface area (Å²) in [7, 11) is 0. The van der Waals surface area contributed by atoms with Gasteiger partial charge in [-0.1, -0.05) is 26.0 Å². The maximum absolute atomic E-state index is 12.4. The van der Waals surface area contributed by atoms with Crippen molar-refractivity contribution < 1.29 is 14.3 Å². The minimum atomic E-state index is -0.176. The maximum Gasteiger partial charge on any atom is 0.255 e. The average molecular weight is 327 g/mol. The van der Waals surface area contributed by atoms with Gasteiger partial charge in [-0.3, -0.25) is 4.79 Å². The van der Waals surface area contributed by atoms with Gasteiger partial charge >= 0.3 is 0 Å². The van der Waals surface area contributed by atoms with Gasteiger partial charge in [0.05, 0.1) is 18.4 Å². The van der Waals surface area contributed by atoms with Crippen LogP contribution in [0.2, 0.25) is 0 Å². The molecular weight excluding hydrogens is 302 g/mol. The molecule has 0 unspecified atom stereocenters. The molecule has 0 spiro atoms. The normalized spacial score (nSPS) is 10.8. The van der Waals surface area contributed by atoms with Gasteiger partial charge < -0.3 is 14.8 Å². The number of amides is 1. The van der Waals surface area contributed by atoms with Gasteiger partial charge in [-0.2, -0.15) is 0 Å². The zero-order chi connectivity index (χ0) is 17.5. The Morgan fingerprint density at radius 2 is 1.67 bits per heavy atom. The molecule has 0 heterocycles. The summed E-state index contributed by atoms with van der Waals surface area (Å²) in [5.74, 6) is 1.72. The molecule has 0 saturated carbocycles. The molecule has 0 atom stereocenters. The molecule has 0 aliphatic rings. The Labute approximate surface area is 143 Å². The highest BCUT2D eigenvalue weighted by atomic mass is 16.5. The minimum absolute atomic E-state index is 0.0421. The lowest BCUT2D eigenvalue weighted by Crippen LogP contribution is -2.14. The molecule has 24 heavy (non-hydrogen) atoms. The molecule has 128 valence electrons. The van der Waals surface area contributed by atoms with Crippen molar-refractivity contribution in [2.24, 2.45) is 5.92 Å². The van der Waals surface area contributed by atoms with Crippen molar-refractivity contribution in [2.45, 2.75) is 33.8 Å². The highest BCUT2D eigenvalue weighted by Crippen LogP contribution is 2.25. The zero-order valence-electron chi connectivity index (χ0n) is 14.7. The Morgan fingerprint density at radius 3 is 2.29 bits per heavy atom. The van der Waals surface area contributed by atoms with Crippen molar-refractivity contribution in [3.8, 4) is 11.5 Å². The van der Waals surface area contributed by atoms with Gasteiger partial charge in [0.25, 0.3) is 5.91 Å². The molecule has 0 aliphatic carbocycles. The van der Waals surface area contributed by atoms with Gasteiger partial charge in [0.1, 0.15) is 11.5 Å². The first kappa shape index (κ1) is 17.9. The number of ether oxygens (including phenoxy) is 2. The standard InChI is InChI=1S/C20H25NO3/c1-14(2)13-23-17-11-9-16(10-12-17)20(22)21-18-7-5-6-8-19(18)24-15(3)4/h5-12,14-15H,13H2,1-4H3,(H,21,22). The predicted octanol–water partition coefficient (Wildman–Crippen LogP) is 4.76. The molecule has 2 aromatic rings. The zero-order valence-corrected chi connectivity index (χ0v) is 14.7. The van der Waals surface area contributed by atoms with E-state index >= 15 is 0 Å². The molecule has 1 N–H and O–H groups in total. The molecule has 0 saturated heterocycles. The monoisotopic (exact) mass is 327 g/mol. The molecule has 4 heteroatoms. The lowest BCUT2D eigenvalue weighted by atomic mass is 10.2. The number of hydrogen-bond donors (Lipinski definition) is 1. The second-order valence-electron chi connectivity index (χ2n) is 6.35. The lowest BCUT2D eigenvalue weighted by molar-refractivity contribution is 0.102. The van der Waals surface area contributed by atoms with Crippen LogP contribution in [0.15, 0.2) is 48.5 Å². The summed E-state index contributed by atoms with van der Waals surface area (Å²) in [6.45, 7) is 8.76. The summed E-state index contributed by atoms with van der Waals surface area (Å²) in [6.07, 6.45) is 0.0421. The molecular formula is C20H25NO3. The van der Waals surface area contributed by atoms with Gasteiger partial charge in [0, 0.05) is 5.56 Å². The molecule has 0 radical (unpaired) electrons. The molecule has 0 fully saturated rings. The van der Waals surface area contributed by atoms with E-state index in [1.54, 1.807) is 12.1 Å². The van der Waals surface area contributed by atoms with Crippen LogP contribution in [0.3, 0.4) is 0 Å². The van der Waals surface area contributed by atoms with Gasteiger partial charge in [-0.15, -0.1) is 0 Å². The summed E-state index contributed by atoms with van der Waals surface area (Å²) in [6, 6.07) is 14.6. The smallest absolute Gasteiger partial charge is 0.255 e. The minimum Gasteiger partial charge on any atom is -0.493 e. The fourth-order valence-electron chi connectivity index (χ4n) is 2.09. The van der Waals surface area contributed by atoms with Crippen LogP contribution >= 0.6 is 0 Å². The van der Waals surface area contributed by atoms with E-state index in [1.807, 2.05) is 50.2 Å². The van der Waals surface area contributed by atoms with E-state index in [4.69, 9.17) is 9.47 Å². The second kappa shape index (κ2) is 8.39. The van der Waals surface area contributed by atoms with Crippen LogP contribution in [-0.4, -0.2) is 18.6 Å². The number of carbonyl (C=O) groups excluding carboxylic acids is 1. The molecule has 4 nitrogen and oxygen atoms in total. The quantitative estimate of drug-likeness (QED) is 0.797. The van der Waals surface area contributed by atoms with E-state index in [1.165, 1.54) is 0 Å². The highest BCUT2D eigenvalue weighted by molar-refractivity contribution is 6.05. The van der Waals surface area contributed by atoms with Crippen LogP contribution < -0.4 is 14.8 Å². The molecule has 1 amide bonds. The van der Waals surface area contributed by atoms with E-state index < -0.39 is 0 Å². The first-order valence-electron chi connectivity index (χ1n) is 8.25. The van der Waals surface area contributed by atoms with Gasteiger partial charge in [0.15, 0.2) is 0 Å². The Morgan fingerprint density at radius 1 is 1.00 bits per heavy atom. The number of carbonyl (C=O) groups is 1. The maximum atomic E-state index is 12.4. The van der Waals surface area contributed by atoms with Crippen molar-refractivity contribution in [3.63, 3.8) is 0 Å². The van der Waals surface area contributed by atoms with Gasteiger partial charge in [0.2, 0.25) is 0 Å². The Kier molecular flexibility index (Phi) is 6.24. The third-order valence-electron chi connectivity index (χ3n) is 3.20. The lowest BCUT2D eigenvalue weighted by Gasteiger charge is -2.15. The first-order chi connectivity index (χ1) is 11.5. The first-order valence-corrected chi connectivity index (χ1v) is 8.25. The van der Waals surface area contributed by atoms with Gasteiger partial charge in [-0.05, 0) is 56.2 Å². The Hall–Kier alpha value is -2.49. The van der Waals surface area contributed by atoms with Crippen molar-refractivity contribution in [1.82, 2.24) is 0 Å². The van der Waals surface area contributed by atoms with E-state index in [0.29, 0.717) is 29.5 Å².